The van der Waals surface area contributed by atoms with E-state index >= 15 is 0 Å². The van der Waals surface area contributed by atoms with Crippen LogP contribution in [0.4, 0.5) is 11.4 Å². The highest BCUT2D eigenvalue weighted by atomic mass is 79.9. The van der Waals surface area contributed by atoms with Gasteiger partial charge in [-0.15, -0.1) is 0 Å². The summed E-state index contributed by atoms with van der Waals surface area (Å²) in [6.07, 6.45) is 0. The van der Waals surface area contributed by atoms with Gasteiger partial charge in [-0.1, -0.05) is 39.1 Å². The standard InChI is InChI=1S/C18H13BrCl2N2O4S2/c19-12-1-6-15(7-2-12)28(24,25)22-14-4-8-16(9-5-14)29(26,27)23-18-10-3-13(20)11-17(18)21/h1-11,22-23H. The molecule has 11 heteroatoms. The summed E-state index contributed by atoms with van der Waals surface area (Å²) < 4.78 is 55.4. The third-order valence-corrected chi connectivity index (χ3v) is 7.57. The molecule has 152 valence electrons. The summed E-state index contributed by atoms with van der Waals surface area (Å²) in [5.41, 5.74) is 0.396. The van der Waals surface area contributed by atoms with Crippen LogP contribution < -0.4 is 9.44 Å². The van der Waals surface area contributed by atoms with Gasteiger partial charge in [0.05, 0.1) is 20.5 Å². The van der Waals surface area contributed by atoms with Gasteiger partial charge in [0, 0.05) is 15.2 Å². The zero-order valence-corrected chi connectivity index (χ0v) is 19.2. The molecule has 0 radical (unpaired) electrons. The molecule has 0 saturated carbocycles. The minimum Gasteiger partial charge on any atom is -0.280 e. The lowest BCUT2D eigenvalue weighted by molar-refractivity contribution is 0.600. The van der Waals surface area contributed by atoms with Gasteiger partial charge in [-0.25, -0.2) is 16.8 Å². The normalized spacial score (nSPS) is 11.8. The average Bonchev–Trinajstić information content (AvgIpc) is 2.64. The molecule has 3 rings (SSSR count). The maximum Gasteiger partial charge on any atom is 0.261 e. The molecule has 0 amide bonds. The van der Waals surface area contributed by atoms with Crippen molar-refractivity contribution in [3.8, 4) is 0 Å². The van der Waals surface area contributed by atoms with Crippen molar-refractivity contribution in [2.75, 3.05) is 9.44 Å². The molecule has 0 aliphatic rings. The first-order valence-corrected chi connectivity index (χ1v) is 12.4. The van der Waals surface area contributed by atoms with Crippen molar-refractivity contribution < 1.29 is 16.8 Å². The van der Waals surface area contributed by atoms with Gasteiger partial charge in [-0.3, -0.25) is 9.44 Å². The van der Waals surface area contributed by atoms with Gasteiger partial charge in [0.2, 0.25) is 0 Å². The summed E-state index contributed by atoms with van der Waals surface area (Å²) in [6.45, 7) is 0. The summed E-state index contributed by atoms with van der Waals surface area (Å²) in [7, 11) is -7.73. The number of nitrogens with one attached hydrogen (secondary N) is 2. The van der Waals surface area contributed by atoms with E-state index in [1.165, 1.54) is 54.6 Å². The maximum atomic E-state index is 12.5. The molecule has 2 N–H and O–H groups in total. The molecule has 6 nitrogen and oxygen atoms in total. The fraction of sp³-hybridized carbons (Fsp3) is 0. The highest BCUT2D eigenvalue weighted by molar-refractivity contribution is 9.10. The quantitative estimate of drug-likeness (QED) is 0.444. The molecule has 3 aromatic carbocycles. The van der Waals surface area contributed by atoms with Gasteiger partial charge >= 0.3 is 0 Å². The number of hydrogen-bond acceptors (Lipinski definition) is 4. The van der Waals surface area contributed by atoms with Crippen LogP contribution in [-0.4, -0.2) is 16.8 Å². The van der Waals surface area contributed by atoms with Gasteiger partial charge in [-0.05, 0) is 66.7 Å². The van der Waals surface area contributed by atoms with Crippen LogP contribution in [0.1, 0.15) is 0 Å². The molecule has 0 saturated heterocycles. The molecule has 3 aromatic rings. The van der Waals surface area contributed by atoms with Crippen molar-refractivity contribution in [3.63, 3.8) is 0 Å². The SMILES string of the molecule is O=S(=O)(Nc1ccc(S(=O)(=O)Nc2ccc(Cl)cc2Cl)cc1)c1ccc(Br)cc1. The van der Waals surface area contributed by atoms with E-state index in [1.54, 1.807) is 12.1 Å². The first kappa shape index (κ1) is 21.9. The number of halogens is 3. The van der Waals surface area contributed by atoms with Crippen molar-refractivity contribution in [3.05, 3.63) is 81.2 Å². The van der Waals surface area contributed by atoms with Crippen LogP contribution in [0.15, 0.2) is 81.0 Å². The molecule has 0 fully saturated rings. The molecule has 0 aliphatic heterocycles. The van der Waals surface area contributed by atoms with Crippen molar-refractivity contribution in [2.24, 2.45) is 0 Å². The lowest BCUT2D eigenvalue weighted by Gasteiger charge is -2.11. The topological polar surface area (TPSA) is 92.3 Å². The highest BCUT2D eigenvalue weighted by Crippen LogP contribution is 2.28. The second-order valence-electron chi connectivity index (χ2n) is 5.81. The monoisotopic (exact) mass is 534 g/mol. The summed E-state index contributed by atoms with van der Waals surface area (Å²) in [6, 6.07) is 15.8. The first-order valence-electron chi connectivity index (χ1n) is 7.93. The predicted molar refractivity (Wildman–Crippen MR) is 119 cm³/mol. The Labute approximate surface area is 187 Å². The van der Waals surface area contributed by atoms with Crippen molar-refractivity contribution in [2.45, 2.75) is 9.79 Å². The molecule has 0 spiro atoms. The van der Waals surface area contributed by atoms with Crippen LogP contribution in [0.5, 0.6) is 0 Å². The van der Waals surface area contributed by atoms with E-state index in [0.717, 1.165) is 4.47 Å². The molecule has 0 atom stereocenters. The fourth-order valence-electron chi connectivity index (χ4n) is 2.31. The van der Waals surface area contributed by atoms with Gasteiger partial charge in [0.25, 0.3) is 20.0 Å². The fourth-order valence-corrected chi connectivity index (χ4v) is 5.22. The van der Waals surface area contributed by atoms with E-state index in [2.05, 4.69) is 25.4 Å². The van der Waals surface area contributed by atoms with Gasteiger partial charge in [0.15, 0.2) is 0 Å². The smallest absolute Gasteiger partial charge is 0.261 e. The Kier molecular flexibility index (Phi) is 6.45. The van der Waals surface area contributed by atoms with Crippen molar-refractivity contribution in [1.29, 1.82) is 0 Å². The Bertz CT molecular complexity index is 1250. The van der Waals surface area contributed by atoms with E-state index in [0.29, 0.717) is 5.02 Å². The third kappa shape index (κ3) is 5.43. The predicted octanol–water partition coefficient (Wildman–Crippen LogP) is 5.36. The zero-order chi connectivity index (χ0) is 21.2. The minimum absolute atomic E-state index is 0.0601. The molecule has 0 heterocycles. The Balaban J connectivity index is 1.79. The lowest BCUT2D eigenvalue weighted by Crippen LogP contribution is -2.14. The number of hydrogen-bond donors (Lipinski definition) is 2. The van der Waals surface area contributed by atoms with Gasteiger partial charge < -0.3 is 0 Å². The molecule has 0 aliphatic carbocycles. The van der Waals surface area contributed by atoms with Gasteiger partial charge in [-0.2, -0.15) is 0 Å². The summed E-state index contributed by atoms with van der Waals surface area (Å²) >= 11 is 15.0. The van der Waals surface area contributed by atoms with Crippen LogP contribution in [-0.2, 0) is 20.0 Å². The van der Waals surface area contributed by atoms with E-state index < -0.39 is 20.0 Å². The Morgan fingerprint density at radius 1 is 0.690 bits per heavy atom. The molecule has 0 aromatic heterocycles. The van der Waals surface area contributed by atoms with E-state index in [-0.39, 0.29) is 26.2 Å². The lowest BCUT2D eigenvalue weighted by atomic mass is 10.3. The summed E-state index contributed by atoms with van der Waals surface area (Å²) in [4.78, 5) is 0.0200. The number of benzene rings is 3. The largest absolute Gasteiger partial charge is 0.280 e. The van der Waals surface area contributed by atoms with Crippen LogP contribution >= 0.6 is 39.1 Å². The van der Waals surface area contributed by atoms with Crippen LogP contribution in [0.2, 0.25) is 10.0 Å². The molecular formula is C18H13BrCl2N2O4S2. The number of rotatable bonds is 6. The second-order valence-corrected chi connectivity index (χ2v) is 10.9. The average molecular weight is 536 g/mol. The summed E-state index contributed by atoms with van der Waals surface area (Å²) in [5, 5.41) is 0.528. The van der Waals surface area contributed by atoms with Crippen LogP contribution in [0.25, 0.3) is 0 Å². The minimum atomic E-state index is -3.93. The number of anilines is 2. The van der Waals surface area contributed by atoms with Crippen molar-refractivity contribution >= 4 is 70.6 Å². The second kappa shape index (κ2) is 8.53. The maximum absolute atomic E-state index is 12.5. The molecular weight excluding hydrogens is 523 g/mol. The molecule has 29 heavy (non-hydrogen) atoms. The number of sulfonamides is 2. The Morgan fingerprint density at radius 3 is 1.76 bits per heavy atom. The summed E-state index contributed by atoms with van der Waals surface area (Å²) in [5.74, 6) is 0. The van der Waals surface area contributed by atoms with Crippen molar-refractivity contribution in [1.82, 2.24) is 0 Å². The van der Waals surface area contributed by atoms with E-state index in [4.69, 9.17) is 23.2 Å². The Hall–Kier alpha value is -1.78. The van der Waals surface area contributed by atoms with E-state index in [1.807, 2.05) is 0 Å². The Morgan fingerprint density at radius 2 is 1.21 bits per heavy atom. The third-order valence-electron chi connectivity index (χ3n) is 3.72. The van der Waals surface area contributed by atoms with Gasteiger partial charge in [0.1, 0.15) is 0 Å². The zero-order valence-electron chi connectivity index (χ0n) is 14.4. The van der Waals surface area contributed by atoms with Crippen LogP contribution in [0, 0.1) is 0 Å². The highest BCUT2D eigenvalue weighted by Gasteiger charge is 2.18. The first-order chi connectivity index (χ1) is 13.6. The molecule has 0 bridgehead atoms. The molecule has 0 unspecified atom stereocenters. The van der Waals surface area contributed by atoms with Crippen LogP contribution in [0.3, 0.4) is 0 Å². The van der Waals surface area contributed by atoms with E-state index in [9.17, 15) is 16.8 Å².